The molecule has 31 heavy (non-hydrogen) atoms. The van der Waals surface area contributed by atoms with Crippen LogP contribution in [0.3, 0.4) is 0 Å². The van der Waals surface area contributed by atoms with Crippen molar-refractivity contribution >= 4 is 57.2 Å². The van der Waals surface area contributed by atoms with Crippen LogP contribution in [0.4, 0.5) is 10.8 Å². The number of hydrogen-bond donors (Lipinski definition) is 0. The van der Waals surface area contributed by atoms with Gasteiger partial charge in [-0.3, -0.25) is 9.69 Å². The minimum atomic E-state index is -0.589. The van der Waals surface area contributed by atoms with Gasteiger partial charge in [0.05, 0.1) is 23.5 Å². The van der Waals surface area contributed by atoms with Crippen molar-refractivity contribution in [3.8, 4) is 11.5 Å². The second-order valence-electron chi connectivity index (χ2n) is 6.17. The lowest BCUT2D eigenvalue weighted by Crippen LogP contribution is -2.23. The Morgan fingerprint density at radius 3 is 2.61 bits per heavy atom. The summed E-state index contributed by atoms with van der Waals surface area (Å²) in [6.07, 6.45) is 0. The third-order valence-corrected chi connectivity index (χ3v) is 5.40. The van der Waals surface area contributed by atoms with Gasteiger partial charge < -0.3 is 14.2 Å². The van der Waals surface area contributed by atoms with E-state index < -0.39 is 5.97 Å². The second kappa shape index (κ2) is 10.5. The third-order valence-electron chi connectivity index (χ3n) is 3.99. The number of methoxy groups -OCH3 is 1. The van der Waals surface area contributed by atoms with Crippen molar-refractivity contribution in [1.29, 1.82) is 0 Å². The van der Waals surface area contributed by atoms with Gasteiger partial charge in [-0.15, -0.1) is 11.3 Å². The fourth-order valence-electron chi connectivity index (χ4n) is 2.61. The molecule has 2 aromatic carbocycles. The van der Waals surface area contributed by atoms with Crippen molar-refractivity contribution < 1.29 is 23.8 Å². The highest BCUT2D eigenvalue weighted by molar-refractivity contribution is 7.14. The van der Waals surface area contributed by atoms with Crippen molar-refractivity contribution in [2.45, 2.75) is 13.5 Å². The summed E-state index contributed by atoms with van der Waals surface area (Å²) in [5.41, 5.74) is 1.07. The van der Waals surface area contributed by atoms with E-state index in [0.717, 1.165) is 0 Å². The van der Waals surface area contributed by atoms with E-state index in [0.29, 0.717) is 38.1 Å². The molecule has 0 saturated carbocycles. The summed E-state index contributed by atoms with van der Waals surface area (Å²) in [5.74, 6) is 0.0520. The molecule has 0 fully saturated rings. The number of anilines is 2. The highest BCUT2D eigenvalue weighted by Gasteiger charge is 2.21. The van der Waals surface area contributed by atoms with E-state index in [1.54, 1.807) is 35.7 Å². The second-order valence-corrected chi connectivity index (χ2v) is 7.85. The molecule has 1 heterocycles. The Labute approximate surface area is 193 Å². The number of nitrogens with zero attached hydrogens (tertiary/aromatic N) is 2. The van der Waals surface area contributed by atoms with Crippen molar-refractivity contribution in [2.24, 2.45) is 0 Å². The lowest BCUT2D eigenvalue weighted by molar-refractivity contribution is -0.147. The first-order valence-corrected chi connectivity index (χ1v) is 10.6. The largest absolute Gasteiger partial charge is 0.495 e. The standard InChI is InChI=1S/C21H18Cl2N2O5S/c1-13(26)25(17-5-3-4-6-19(17)28-2)21-24-15(12-31-21)10-30-20(27)11-29-18-8-7-14(22)9-16(18)23/h3-9,12H,10-11H2,1-2H3. The zero-order valence-electron chi connectivity index (χ0n) is 16.6. The number of carbonyl (C=O) groups is 2. The molecule has 3 rings (SSSR count). The lowest BCUT2D eigenvalue weighted by Gasteiger charge is -2.20. The summed E-state index contributed by atoms with van der Waals surface area (Å²) in [6, 6.07) is 11.8. The lowest BCUT2D eigenvalue weighted by atomic mass is 10.2. The van der Waals surface area contributed by atoms with E-state index in [-0.39, 0.29) is 19.1 Å². The number of thiazole rings is 1. The Kier molecular flexibility index (Phi) is 7.73. The van der Waals surface area contributed by atoms with E-state index in [1.807, 2.05) is 6.07 Å². The molecule has 7 nitrogen and oxygen atoms in total. The first-order chi connectivity index (χ1) is 14.9. The number of halogens is 2. The quantitative estimate of drug-likeness (QED) is 0.408. The zero-order valence-corrected chi connectivity index (χ0v) is 19.0. The van der Waals surface area contributed by atoms with E-state index in [2.05, 4.69) is 4.98 Å². The highest BCUT2D eigenvalue weighted by Crippen LogP contribution is 2.35. The SMILES string of the molecule is COc1ccccc1N(C(C)=O)c1nc(COC(=O)COc2ccc(Cl)cc2Cl)cs1. The van der Waals surface area contributed by atoms with Crippen molar-refractivity contribution in [2.75, 3.05) is 18.6 Å². The Balaban J connectivity index is 1.62. The van der Waals surface area contributed by atoms with Crippen LogP contribution in [0.25, 0.3) is 0 Å². The molecule has 0 radical (unpaired) electrons. The topological polar surface area (TPSA) is 78.0 Å². The van der Waals surface area contributed by atoms with Crippen molar-refractivity contribution in [3.05, 3.63) is 63.6 Å². The summed E-state index contributed by atoms with van der Waals surface area (Å²) < 4.78 is 15.9. The molecule has 0 aliphatic heterocycles. The van der Waals surface area contributed by atoms with Gasteiger partial charge in [0, 0.05) is 17.3 Å². The summed E-state index contributed by atoms with van der Waals surface area (Å²) in [4.78, 5) is 30.1. The highest BCUT2D eigenvalue weighted by atomic mass is 35.5. The fourth-order valence-corrected chi connectivity index (χ4v) is 3.94. The van der Waals surface area contributed by atoms with E-state index in [4.69, 9.17) is 37.4 Å². The normalized spacial score (nSPS) is 10.5. The van der Waals surface area contributed by atoms with Gasteiger partial charge in [0.2, 0.25) is 5.91 Å². The predicted molar refractivity (Wildman–Crippen MR) is 120 cm³/mol. The molecule has 0 aliphatic carbocycles. The number of rotatable bonds is 8. The first-order valence-electron chi connectivity index (χ1n) is 9.00. The monoisotopic (exact) mass is 480 g/mol. The number of para-hydroxylation sites is 2. The maximum atomic E-state index is 12.3. The molecule has 3 aromatic rings. The van der Waals surface area contributed by atoms with Gasteiger partial charge in [-0.1, -0.05) is 35.3 Å². The molecule has 0 saturated heterocycles. The Hall–Kier alpha value is -2.81. The predicted octanol–water partition coefficient (Wildman–Crippen LogP) is 5.27. The maximum Gasteiger partial charge on any atom is 0.344 e. The van der Waals surface area contributed by atoms with Crippen LogP contribution in [-0.4, -0.2) is 30.6 Å². The smallest absolute Gasteiger partial charge is 0.344 e. The fraction of sp³-hybridized carbons (Fsp3) is 0.190. The number of hydrogen-bond acceptors (Lipinski definition) is 7. The van der Waals surface area contributed by atoms with Crippen molar-refractivity contribution in [3.63, 3.8) is 0 Å². The number of benzene rings is 2. The van der Waals surface area contributed by atoms with Gasteiger partial charge in [-0.2, -0.15) is 0 Å². The van der Waals surface area contributed by atoms with Crippen LogP contribution in [0.1, 0.15) is 12.6 Å². The van der Waals surface area contributed by atoms with Crippen LogP contribution in [0.15, 0.2) is 47.8 Å². The van der Waals surface area contributed by atoms with Gasteiger partial charge in [0.25, 0.3) is 0 Å². The van der Waals surface area contributed by atoms with Crippen LogP contribution < -0.4 is 14.4 Å². The Bertz CT molecular complexity index is 1090. The molecule has 162 valence electrons. The molecule has 0 unspecified atom stereocenters. The Morgan fingerprint density at radius 2 is 1.90 bits per heavy atom. The molecule has 0 aliphatic rings. The van der Waals surface area contributed by atoms with Gasteiger partial charge >= 0.3 is 5.97 Å². The molecule has 1 amide bonds. The average Bonchev–Trinajstić information content (AvgIpc) is 3.20. The summed E-state index contributed by atoms with van der Waals surface area (Å²) >= 11 is 13.1. The summed E-state index contributed by atoms with van der Waals surface area (Å²) in [6.45, 7) is 1.05. The Morgan fingerprint density at radius 1 is 1.13 bits per heavy atom. The summed E-state index contributed by atoms with van der Waals surface area (Å²) in [5, 5.41) is 2.91. The van der Waals surface area contributed by atoms with Crippen LogP contribution in [0.2, 0.25) is 10.0 Å². The minimum absolute atomic E-state index is 0.0648. The molecule has 10 heteroatoms. The van der Waals surface area contributed by atoms with Crippen molar-refractivity contribution in [1.82, 2.24) is 4.98 Å². The molecular formula is C21H18Cl2N2O5S. The van der Waals surface area contributed by atoms with Gasteiger partial charge in [0.15, 0.2) is 11.7 Å². The number of aromatic nitrogens is 1. The van der Waals surface area contributed by atoms with Gasteiger partial charge in [-0.25, -0.2) is 9.78 Å². The number of ether oxygens (including phenoxy) is 3. The zero-order chi connectivity index (χ0) is 22.4. The average molecular weight is 481 g/mol. The molecule has 1 aromatic heterocycles. The molecule has 0 atom stereocenters. The van der Waals surface area contributed by atoms with Crippen LogP contribution >= 0.6 is 34.5 Å². The van der Waals surface area contributed by atoms with Crippen LogP contribution in [0, 0.1) is 0 Å². The van der Waals surface area contributed by atoms with E-state index >= 15 is 0 Å². The van der Waals surface area contributed by atoms with Crippen LogP contribution in [0.5, 0.6) is 11.5 Å². The molecular weight excluding hydrogens is 463 g/mol. The minimum Gasteiger partial charge on any atom is -0.495 e. The maximum absolute atomic E-state index is 12.3. The molecule has 0 bridgehead atoms. The van der Waals surface area contributed by atoms with Gasteiger partial charge in [0.1, 0.15) is 18.1 Å². The number of amides is 1. The molecule has 0 spiro atoms. The third kappa shape index (κ3) is 5.88. The first kappa shape index (κ1) is 22.9. The van der Waals surface area contributed by atoms with E-state index in [9.17, 15) is 9.59 Å². The number of esters is 1. The van der Waals surface area contributed by atoms with Gasteiger partial charge in [-0.05, 0) is 30.3 Å². The van der Waals surface area contributed by atoms with E-state index in [1.165, 1.54) is 36.3 Å². The number of carbonyl (C=O) groups excluding carboxylic acids is 2. The summed E-state index contributed by atoms with van der Waals surface area (Å²) in [7, 11) is 1.53. The molecule has 0 N–H and O–H groups in total. The van der Waals surface area contributed by atoms with Crippen LogP contribution in [-0.2, 0) is 20.9 Å².